The van der Waals surface area contributed by atoms with Gasteiger partial charge in [0.1, 0.15) is 17.3 Å². The van der Waals surface area contributed by atoms with Crippen molar-refractivity contribution in [2.75, 3.05) is 57.2 Å². The molecular weight excluding hydrogens is 599 g/mol. The van der Waals surface area contributed by atoms with Gasteiger partial charge in [-0.05, 0) is 74.7 Å². The largest absolute Gasteiger partial charge is 0.493 e. The Morgan fingerprint density at radius 2 is 1.93 bits per heavy atom. The first-order valence-electron chi connectivity index (χ1n) is 15.0. The number of pyridine rings is 1. The summed E-state index contributed by atoms with van der Waals surface area (Å²) in [6, 6.07) is 14.2. The van der Waals surface area contributed by atoms with Crippen LogP contribution in [0, 0.1) is 18.2 Å². The quantitative estimate of drug-likeness (QED) is 0.173. The normalized spacial score (nSPS) is 18.0. The Kier molecular flexibility index (Phi) is 9.25. The van der Waals surface area contributed by atoms with Gasteiger partial charge in [0.15, 0.2) is 11.5 Å². The maximum atomic E-state index is 14.0. The zero-order valence-corrected chi connectivity index (χ0v) is 26.1. The Morgan fingerprint density at radius 1 is 1.07 bits per heavy atom. The van der Waals surface area contributed by atoms with Crippen LogP contribution in [0.1, 0.15) is 24.8 Å². The van der Waals surface area contributed by atoms with Gasteiger partial charge in [0.2, 0.25) is 0 Å². The third-order valence-corrected chi connectivity index (χ3v) is 8.66. The lowest BCUT2D eigenvalue weighted by Gasteiger charge is -2.22. The zero-order valence-electron chi connectivity index (χ0n) is 25.3. The minimum atomic E-state index is -0.621. The first-order valence-corrected chi connectivity index (χ1v) is 15.4. The number of carbonyl (C=O) groups excluding carboxylic acids is 1. The maximum Gasteiger partial charge on any atom is 0.323 e. The lowest BCUT2D eigenvalue weighted by Crippen LogP contribution is -2.28. The lowest BCUT2D eigenvalue weighted by molar-refractivity contribution is 0.151. The van der Waals surface area contributed by atoms with E-state index < -0.39 is 11.8 Å². The van der Waals surface area contributed by atoms with Crippen molar-refractivity contribution in [2.45, 2.75) is 26.2 Å². The van der Waals surface area contributed by atoms with Crippen LogP contribution < -0.4 is 24.8 Å². The van der Waals surface area contributed by atoms with Crippen LogP contribution in [0.15, 0.2) is 60.8 Å². The topological polar surface area (TPSA) is 94.2 Å². The number of likely N-dealkylation sites (tertiary alicyclic amines) is 1. The maximum absolute atomic E-state index is 14.0. The van der Waals surface area contributed by atoms with Gasteiger partial charge in [-0.1, -0.05) is 17.7 Å². The van der Waals surface area contributed by atoms with Crippen LogP contribution in [0.4, 0.5) is 20.6 Å². The van der Waals surface area contributed by atoms with E-state index in [0.717, 1.165) is 50.2 Å². The molecular formula is C34H36ClFN4O5. The summed E-state index contributed by atoms with van der Waals surface area (Å²) < 4.78 is 37.7. The molecule has 2 fully saturated rings. The Morgan fingerprint density at radius 3 is 2.73 bits per heavy atom. The van der Waals surface area contributed by atoms with Crippen molar-refractivity contribution in [3.05, 3.63) is 77.2 Å². The molecule has 9 nitrogen and oxygen atoms in total. The summed E-state index contributed by atoms with van der Waals surface area (Å²) in [6.07, 6.45) is 4.95. The second-order valence-corrected chi connectivity index (χ2v) is 12.1. The molecule has 4 aromatic rings. The van der Waals surface area contributed by atoms with E-state index in [1.54, 1.807) is 49.7 Å². The van der Waals surface area contributed by atoms with Crippen LogP contribution in [0.25, 0.3) is 10.9 Å². The zero-order chi connectivity index (χ0) is 31.4. The van der Waals surface area contributed by atoms with Gasteiger partial charge in [-0.2, -0.15) is 0 Å². The summed E-state index contributed by atoms with van der Waals surface area (Å²) in [5, 5.41) is 6.13. The second-order valence-electron chi connectivity index (χ2n) is 11.7. The number of benzene rings is 3. The minimum Gasteiger partial charge on any atom is -0.493 e. The van der Waals surface area contributed by atoms with Gasteiger partial charge < -0.3 is 34.5 Å². The van der Waals surface area contributed by atoms with E-state index in [4.69, 9.17) is 30.5 Å². The Balaban J connectivity index is 1.08. The molecule has 11 heteroatoms. The predicted molar refractivity (Wildman–Crippen MR) is 173 cm³/mol. The van der Waals surface area contributed by atoms with Crippen molar-refractivity contribution in [2.24, 2.45) is 5.41 Å². The Bertz CT molecular complexity index is 1700. The van der Waals surface area contributed by atoms with E-state index in [1.165, 1.54) is 18.9 Å². The number of aromatic nitrogens is 1. The smallest absolute Gasteiger partial charge is 0.323 e. The number of rotatable bonds is 10. The molecule has 6 rings (SSSR count). The fourth-order valence-corrected chi connectivity index (χ4v) is 6.17. The number of fused-ring (bicyclic) bond motifs is 1. The number of amides is 2. The highest BCUT2D eigenvalue weighted by Gasteiger charge is 2.40. The number of carbonyl (C=O) groups is 1. The summed E-state index contributed by atoms with van der Waals surface area (Å²) in [5.41, 5.74) is 2.28. The third kappa shape index (κ3) is 7.24. The molecule has 0 saturated carbocycles. The van der Waals surface area contributed by atoms with Gasteiger partial charge in [-0.25, -0.2) is 9.18 Å². The summed E-state index contributed by atoms with van der Waals surface area (Å²) in [6.45, 7) is 7.36. The van der Waals surface area contributed by atoms with Crippen LogP contribution >= 0.6 is 11.6 Å². The third-order valence-electron chi connectivity index (χ3n) is 8.35. The van der Waals surface area contributed by atoms with Gasteiger partial charge in [-0.3, -0.25) is 4.98 Å². The molecule has 2 aliphatic heterocycles. The van der Waals surface area contributed by atoms with Gasteiger partial charge in [0.05, 0.1) is 42.2 Å². The van der Waals surface area contributed by atoms with Gasteiger partial charge >= 0.3 is 6.03 Å². The van der Waals surface area contributed by atoms with Gasteiger partial charge in [0.25, 0.3) is 0 Å². The molecule has 2 N–H and O–H groups in total. The number of ether oxygens (including phenoxy) is 4. The summed E-state index contributed by atoms with van der Waals surface area (Å²) in [4.78, 5) is 19.5. The highest BCUT2D eigenvalue weighted by molar-refractivity contribution is 6.34. The predicted octanol–water partition coefficient (Wildman–Crippen LogP) is 7.66. The number of hydrogen-bond acceptors (Lipinski definition) is 7. The average Bonchev–Trinajstić information content (AvgIpc) is 3.67. The Labute approximate surface area is 266 Å². The summed E-state index contributed by atoms with van der Waals surface area (Å²) in [5.74, 6) is 1.68. The molecule has 0 aliphatic carbocycles. The van der Waals surface area contributed by atoms with Crippen molar-refractivity contribution in [1.82, 2.24) is 9.88 Å². The van der Waals surface area contributed by atoms with Gasteiger partial charge in [-0.15, -0.1) is 0 Å². The molecule has 2 aliphatic rings. The number of hydrogen-bond donors (Lipinski definition) is 2. The van der Waals surface area contributed by atoms with Crippen LogP contribution in [-0.2, 0) is 4.74 Å². The fraction of sp³-hybridized carbons (Fsp3) is 0.353. The lowest BCUT2D eigenvalue weighted by atomic mass is 9.87. The first-order chi connectivity index (χ1) is 21.8. The number of anilines is 2. The van der Waals surface area contributed by atoms with E-state index >= 15 is 0 Å². The molecule has 2 amide bonds. The highest BCUT2D eigenvalue weighted by atomic mass is 35.5. The highest BCUT2D eigenvalue weighted by Crippen LogP contribution is 2.39. The molecule has 3 aromatic carbocycles. The van der Waals surface area contributed by atoms with Crippen molar-refractivity contribution >= 4 is 39.9 Å². The molecule has 1 spiro atoms. The van der Waals surface area contributed by atoms with E-state index in [-0.39, 0.29) is 10.7 Å². The first kappa shape index (κ1) is 30.9. The Hall–Kier alpha value is -4.12. The number of halogens is 2. The van der Waals surface area contributed by atoms with Crippen molar-refractivity contribution < 1.29 is 28.1 Å². The van der Waals surface area contributed by atoms with E-state index in [0.29, 0.717) is 46.2 Å². The number of nitrogens with one attached hydrogen (secondary N) is 2. The molecule has 1 aromatic heterocycles. The SMILES string of the molecule is COc1cc2c(Oc3ccc(NC(=O)Nc4cc(C)ccc4F)c(Cl)c3)ccnc2cc1OCCCN1CCC2(CCOC2)C1. The van der Waals surface area contributed by atoms with Crippen molar-refractivity contribution in [3.8, 4) is 23.0 Å². The molecule has 1 atom stereocenters. The van der Waals surface area contributed by atoms with Crippen LogP contribution in [0.5, 0.6) is 23.0 Å². The van der Waals surface area contributed by atoms with Crippen molar-refractivity contribution in [1.29, 1.82) is 0 Å². The van der Waals surface area contributed by atoms with Crippen LogP contribution in [0.3, 0.4) is 0 Å². The number of urea groups is 1. The molecule has 3 heterocycles. The molecule has 0 bridgehead atoms. The van der Waals surface area contributed by atoms with E-state index in [2.05, 4.69) is 20.5 Å². The number of methoxy groups -OCH3 is 1. The molecule has 236 valence electrons. The minimum absolute atomic E-state index is 0.0761. The standard InChI is InChI=1S/C34H36ClFN4O5/c1-22-4-6-26(36)29(16-22)39-33(41)38-27-7-5-23(17-25(27)35)45-30-8-11-37-28-19-32(31(42-2)18-24(28)30)44-14-3-12-40-13-9-34(20-40)10-15-43-21-34/h4-8,11,16-19H,3,9-10,12-15,20-21H2,1-2H3,(H2,38,39,41). The monoisotopic (exact) mass is 634 g/mol. The summed E-state index contributed by atoms with van der Waals surface area (Å²) in [7, 11) is 1.60. The molecule has 0 radical (unpaired) electrons. The fourth-order valence-electron chi connectivity index (χ4n) is 5.95. The second kappa shape index (κ2) is 13.5. The van der Waals surface area contributed by atoms with Gasteiger partial charge in [0, 0.05) is 48.8 Å². The average molecular weight is 635 g/mol. The van der Waals surface area contributed by atoms with E-state index in [1.807, 2.05) is 19.1 Å². The summed E-state index contributed by atoms with van der Waals surface area (Å²) >= 11 is 6.47. The van der Waals surface area contributed by atoms with Crippen molar-refractivity contribution in [3.63, 3.8) is 0 Å². The number of aryl methyl sites for hydroxylation is 1. The molecule has 45 heavy (non-hydrogen) atoms. The molecule has 2 saturated heterocycles. The van der Waals surface area contributed by atoms with Crippen LogP contribution in [0.2, 0.25) is 5.02 Å². The van der Waals surface area contributed by atoms with Crippen LogP contribution in [-0.4, -0.2) is 62.5 Å². The van der Waals surface area contributed by atoms with E-state index in [9.17, 15) is 9.18 Å². The molecule has 1 unspecified atom stereocenters. The number of nitrogens with zero attached hydrogens (tertiary/aromatic N) is 2.